The number of rotatable bonds is 3. The number of para-hydroxylation sites is 1. The lowest BCUT2D eigenvalue weighted by Crippen LogP contribution is -2.09. The van der Waals surface area contributed by atoms with Gasteiger partial charge in [0, 0.05) is 7.05 Å². The first-order chi connectivity index (χ1) is 9.39. The van der Waals surface area contributed by atoms with Gasteiger partial charge in [0.1, 0.15) is 5.15 Å². The van der Waals surface area contributed by atoms with E-state index in [0.29, 0.717) is 5.69 Å². The molecule has 1 aromatic heterocycles. The molecule has 4 nitrogen and oxygen atoms in total. The van der Waals surface area contributed by atoms with Crippen LogP contribution in [0.1, 0.15) is 11.3 Å². The molecule has 8 heteroatoms. The smallest absolute Gasteiger partial charge is 0.279 e. The Labute approximate surface area is 117 Å². The van der Waals surface area contributed by atoms with Crippen molar-refractivity contribution in [3.63, 3.8) is 0 Å². The maximum atomic E-state index is 12.8. The monoisotopic (exact) mass is 302 g/mol. The lowest BCUT2D eigenvalue weighted by Gasteiger charge is -2.03. The maximum absolute atomic E-state index is 12.8. The van der Waals surface area contributed by atoms with E-state index in [1.165, 1.54) is 7.05 Å². The van der Waals surface area contributed by atoms with Crippen LogP contribution in [0.15, 0.2) is 35.4 Å². The Kier molecular flexibility index (Phi) is 3.99. The Morgan fingerprint density at radius 3 is 2.55 bits per heavy atom. The molecule has 1 heterocycles. The molecule has 0 aliphatic rings. The molecule has 0 spiro atoms. The van der Waals surface area contributed by atoms with Crippen molar-refractivity contribution in [1.82, 2.24) is 9.78 Å². The average Bonchev–Trinajstić information content (AvgIpc) is 2.68. The summed E-state index contributed by atoms with van der Waals surface area (Å²) >= 11 is 5.78. The minimum atomic E-state index is -4.58. The van der Waals surface area contributed by atoms with Crippen molar-refractivity contribution in [2.24, 2.45) is 12.1 Å². The lowest BCUT2D eigenvalue weighted by molar-refractivity contribution is -0.141. The Balaban J connectivity index is 2.25. The second-order valence-corrected chi connectivity index (χ2v) is 4.27. The molecule has 1 N–H and O–H groups in total. The van der Waals surface area contributed by atoms with E-state index in [4.69, 9.17) is 11.6 Å². The van der Waals surface area contributed by atoms with E-state index in [9.17, 15) is 13.2 Å². The maximum Gasteiger partial charge on any atom is 0.435 e. The third-order valence-electron chi connectivity index (χ3n) is 2.44. The summed E-state index contributed by atoms with van der Waals surface area (Å²) in [7, 11) is 1.33. The summed E-state index contributed by atoms with van der Waals surface area (Å²) in [4.78, 5) is 0. The van der Waals surface area contributed by atoms with Crippen molar-refractivity contribution in [2.75, 3.05) is 5.43 Å². The van der Waals surface area contributed by atoms with E-state index in [-0.39, 0.29) is 10.7 Å². The highest BCUT2D eigenvalue weighted by atomic mass is 35.5. The third-order valence-corrected chi connectivity index (χ3v) is 2.89. The molecule has 0 fully saturated rings. The summed E-state index contributed by atoms with van der Waals surface area (Å²) in [6.07, 6.45) is -3.58. The molecule has 0 bridgehead atoms. The molecular formula is C12H10ClF3N4. The Morgan fingerprint density at radius 1 is 1.30 bits per heavy atom. The van der Waals surface area contributed by atoms with Crippen LogP contribution in [0.25, 0.3) is 0 Å². The molecule has 2 rings (SSSR count). The van der Waals surface area contributed by atoms with Crippen LogP contribution in [0, 0.1) is 0 Å². The Bertz CT molecular complexity index is 620. The predicted molar refractivity (Wildman–Crippen MR) is 70.9 cm³/mol. The van der Waals surface area contributed by atoms with E-state index in [0.717, 1.165) is 10.9 Å². The molecule has 0 aliphatic carbocycles. The largest absolute Gasteiger partial charge is 0.435 e. The number of aryl methyl sites for hydroxylation is 1. The van der Waals surface area contributed by atoms with Crippen molar-refractivity contribution in [1.29, 1.82) is 0 Å². The van der Waals surface area contributed by atoms with Crippen molar-refractivity contribution in [3.05, 3.63) is 46.7 Å². The van der Waals surface area contributed by atoms with E-state index in [1.54, 1.807) is 24.3 Å². The molecule has 1 aromatic carbocycles. The molecule has 0 radical (unpaired) electrons. The first kappa shape index (κ1) is 14.4. The van der Waals surface area contributed by atoms with Gasteiger partial charge in [-0.25, -0.2) is 0 Å². The Hall–Kier alpha value is -2.02. The summed E-state index contributed by atoms with van der Waals surface area (Å²) in [5.41, 5.74) is 1.93. The van der Waals surface area contributed by atoms with Gasteiger partial charge in [0.25, 0.3) is 0 Å². The van der Waals surface area contributed by atoms with Crippen LogP contribution < -0.4 is 5.43 Å². The summed E-state index contributed by atoms with van der Waals surface area (Å²) in [6, 6.07) is 8.82. The molecule has 0 unspecified atom stereocenters. The molecule has 0 saturated carbocycles. The highest BCUT2D eigenvalue weighted by Crippen LogP contribution is 2.33. The topological polar surface area (TPSA) is 42.2 Å². The summed E-state index contributed by atoms with van der Waals surface area (Å²) in [5.74, 6) is 0. The summed E-state index contributed by atoms with van der Waals surface area (Å²) < 4.78 is 39.3. The van der Waals surface area contributed by atoms with Crippen LogP contribution in [0.5, 0.6) is 0 Å². The normalized spacial score (nSPS) is 12.1. The van der Waals surface area contributed by atoms with Gasteiger partial charge in [0.2, 0.25) is 0 Å². The summed E-state index contributed by atoms with van der Waals surface area (Å²) in [6.45, 7) is 0. The number of hydrogen-bond acceptors (Lipinski definition) is 3. The van der Waals surface area contributed by atoms with Crippen LogP contribution >= 0.6 is 11.6 Å². The summed E-state index contributed by atoms with van der Waals surface area (Å²) in [5, 5.41) is 6.97. The van der Waals surface area contributed by atoms with E-state index >= 15 is 0 Å². The fraction of sp³-hybridized carbons (Fsp3) is 0.167. The molecule has 0 saturated heterocycles. The fourth-order valence-electron chi connectivity index (χ4n) is 1.53. The lowest BCUT2D eigenvalue weighted by atomic mass is 10.2. The number of anilines is 1. The number of aromatic nitrogens is 2. The van der Waals surface area contributed by atoms with Crippen LogP contribution in [0.3, 0.4) is 0 Å². The first-order valence-corrected chi connectivity index (χ1v) is 5.91. The fourth-order valence-corrected chi connectivity index (χ4v) is 1.70. The van der Waals surface area contributed by atoms with Gasteiger partial charge < -0.3 is 0 Å². The molecule has 0 atom stereocenters. The van der Waals surface area contributed by atoms with Crippen molar-refractivity contribution in [3.8, 4) is 0 Å². The van der Waals surface area contributed by atoms with Gasteiger partial charge in [-0.05, 0) is 12.1 Å². The van der Waals surface area contributed by atoms with Crippen molar-refractivity contribution < 1.29 is 13.2 Å². The zero-order chi connectivity index (χ0) is 14.8. The number of hydrazone groups is 1. The quantitative estimate of drug-likeness (QED) is 0.696. The zero-order valence-corrected chi connectivity index (χ0v) is 11.1. The van der Waals surface area contributed by atoms with Crippen molar-refractivity contribution in [2.45, 2.75) is 6.18 Å². The standard InChI is InChI=1S/C12H10ClF3N4/c1-20-11(13)9(10(19-20)12(14,15)16)7-17-18-8-5-3-2-4-6-8/h2-7,18H,1H3/b17-7-. The van der Waals surface area contributed by atoms with E-state index in [2.05, 4.69) is 15.6 Å². The predicted octanol–water partition coefficient (Wildman–Crippen LogP) is 3.54. The number of benzene rings is 1. The minimum absolute atomic E-state index is 0.129. The number of hydrogen-bond donors (Lipinski definition) is 1. The molecule has 106 valence electrons. The zero-order valence-electron chi connectivity index (χ0n) is 10.3. The molecule has 0 aliphatic heterocycles. The first-order valence-electron chi connectivity index (χ1n) is 5.53. The van der Waals surface area contributed by atoms with Crippen LogP contribution in [0.4, 0.5) is 18.9 Å². The molecule has 0 amide bonds. The highest BCUT2D eigenvalue weighted by molar-refractivity contribution is 6.32. The second kappa shape index (κ2) is 5.54. The van der Waals surface area contributed by atoms with Crippen LogP contribution in [0.2, 0.25) is 5.15 Å². The van der Waals surface area contributed by atoms with Crippen LogP contribution in [-0.4, -0.2) is 16.0 Å². The SMILES string of the molecule is Cn1nc(C(F)(F)F)c(/C=N\Nc2ccccc2)c1Cl. The second-order valence-electron chi connectivity index (χ2n) is 3.91. The molecule has 20 heavy (non-hydrogen) atoms. The van der Waals surface area contributed by atoms with E-state index in [1.807, 2.05) is 6.07 Å². The average molecular weight is 303 g/mol. The van der Waals surface area contributed by atoms with Gasteiger partial charge in [-0.1, -0.05) is 29.8 Å². The highest BCUT2D eigenvalue weighted by Gasteiger charge is 2.38. The van der Waals surface area contributed by atoms with Gasteiger partial charge in [0.05, 0.1) is 17.5 Å². The molecular weight excluding hydrogens is 293 g/mol. The van der Waals surface area contributed by atoms with Gasteiger partial charge >= 0.3 is 6.18 Å². The minimum Gasteiger partial charge on any atom is -0.279 e. The van der Waals surface area contributed by atoms with Crippen LogP contribution in [-0.2, 0) is 13.2 Å². The Morgan fingerprint density at radius 2 is 1.95 bits per heavy atom. The number of halogens is 4. The van der Waals surface area contributed by atoms with E-state index < -0.39 is 11.9 Å². The van der Waals surface area contributed by atoms with Gasteiger partial charge in [-0.15, -0.1) is 0 Å². The number of nitrogens with one attached hydrogen (secondary N) is 1. The third kappa shape index (κ3) is 3.11. The molecule has 2 aromatic rings. The van der Waals surface area contributed by atoms with Crippen molar-refractivity contribution >= 4 is 23.5 Å². The number of alkyl halides is 3. The van der Waals surface area contributed by atoms with Gasteiger partial charge in [0.15, 0.2) is 5.69 Å². The number of nitrogens with zero attached hydrogens (tertiary/aromatic N) is 3. The van der Waals surface area contributed by atoms with Gasteiger partial charge in [-0.3, -0.25) is 10.1 Å². The van der Waals surface area contributed by atoms with Gasteiger partial charge in [-0.2, -0.15) is 23.4 Å².